The largest absolute Gasteiger partial charge is 0.212 e. The minimum atomic E-state index is 1.03. The van der Waals surface area contributed by atoms with Crippen molar-refractivity contribution < 1.29 is 0 Å². The smallest absolute Gasteiger partial charge is 0.0449 e. The van der Waals surface area contributed by atoms with Crippen LogP contribution in [0.25, 0.3) is 19.5 Å². The van der Waals surface area contributed by atoms with Gasteiger partial charge in [0.15, 0.2) is 0 Å². The minimum Gasteiger partial charge on any atom is -0.212 e. The third-order valence-electron chi connectivity index (χ3n) is 2.80. The molecular formula is C16H13S4-. The second-order valence-electron chi connectivity index (χ2n) is 4.19. The molecule has 0 spiro atoms. The lowest BCUT2D eigenvalue weighted by Gasteiger charge is -2.08. The van der Waals surface area contributed by atoms with Crippen LogP contribution in [0.15, 0.2) is 53.9 Å². The molecule has 0 atom stereocenters. The summed E-state index contributed by atoms with van der Waals surface area (Å²) in [6, 6.07) is 13.0. The van der Waals surface area contributed by atoms with Crippen LogP contribution < -0.4 is 0 Å². The second-order valence-corrected chi connectivity index (χ2v) is 7.79. The molecule has 0 aliphatic carbocycles. The summed E-state index contributed by atoms with van der Waals surface area (Å²) < 4.78 is 0. The van der Waals surface area contributed by atoms with Crippen molar-refractivity contribution in [1.29, 1.82) is 0 Å². The molecule has 3 heterocycles. The average Bonchev–Trinajstić information content (AvgIpc) is 3.19. The SMILES string of the molecule is C/C=C\[C-](S)c1ccc(-c2ccc(-c3cccs3)s2)s1. The molecule has 0 amide bonds. The van der Waals surface area contributed by atoms with Crippen molar-refractivity contribution in [3.63, 3.8) is 0 Å². The van der Waals surface area contributed by atoms with Gasteiger partial charge in [0.1, 0.15) is 0 Å². The molecule has 0 radical (unpaired) electrons. The van der Waals surface area contributed by atoms with Gasteiger partial charge < -0.3 is 0 Å². The number of hydrogen-bond donors (Lipinski definition) is 1. The van der Waals surface area contributed by atoms with Gasteiger partial charge in [0, 0.05) is 19.5 Å². The Bertz CT molecular complexity index is 701. The summed E-state index contributed by atoms with van der Waals surface area (Å²) in [7, 11) is 0. The molecule has 102 valence electrons. The number of hydrogen-bond acceptors (Lipinski definition) is 4. The van der Waals surface area contributed by atoms with Gasteiger partial charge in [-0.05, 0) is 23.6 Å². The van der Waals surface area contributed by atoms with Crippen molar-refractivity contribution in [2.75, 3.05) is 0 Å². The van der Waals surface area contributed by atoms with Crippen LogP contribution in [0.4, 0.5) is 0 Å². The van der Waals surface area contributed by atoms with E-state index in [1.54, 1.807) is 22.7 Å². The summed E-state index contributed by atoms with van der Waals surface area (Å²) in [5.74, 6) is 0. The third kappa shape index (κ3) is 2.88. The lowest BCUT2D eigenvalue weighted by atomic mass is 10.3. The fraction of sp³-hybridized carbons (Fsp3) is 0.0625. The van der Waals surface area contributed by atoms with Crippen LogP contribution in [0.1, 0.15) is 11.8 Å². The Morgan fingerprint density at radius 3 is 2.35 bits per heavy atom. The number of thiophene rings is 3. The predicted molar refractivity (Wildman–Crippen MR) is 97.1 cm³/mol. The normalized spacial score (nSPS) is 11.3. The van der Waals surface area contributed by atoms with Gasteiger partial charge in [0.25, 0.3) is 0 Å². The standard InChI is InChI=1S/C16H13S4/c1-2-4-11(17)12-6-7-15(19-12)16-9-8-14(20-16)13-5-3-10-18-13/h2-10,17H,1H3/q-1/b4-2-. The van der Waals surface area contributed by atoms with Crippen molar-refractivity contribution in [2.24, 2.45) is 0 Å². The van der Waals surface area contributed by atoms with Gasteiger partial charge in [0.2, 0.25) is 0 Å². The fourth-order valence-electron chi connectivity index (χ4n) is 1.87. The van der Waals surface area contributed by atoms with Crippen molar-refractivity contribution in [3.8, 4) is 19.5 Å². The van der Waals surface area contributed by atoms with Crippen LogP contribution in [0.5, 0.6) is 0 Å². The monoisotopic (exact) mass is 333 g/mol. The van der Waals surface area contributed by atoms with Crippen LogP contribution in [-0.2, 0) is 0 Å². The molecule has 0 unspecified atom stereocenters. The maximum atomic E-state index is 4.52. The minimum absolute atomic E-state index is 1.03. The van der Waals surface area contributed by atoms with Gasteiger partial charge in [0.05, 0.1) is 0 Å². The number of allylic oxidation sites excluding steroid dienone is 1. The number of rotatable bonds is 4. The van der Waals surface area contributed by atoms with E-state index in [1.165, 1.54) is 24.4 Å². The molecule has 0 fully saturated rings. The molecule has 0 nitrogen and oxygen atoms in total. The summed E-state index contributed by atoms with van der Waals surface area (Å²) in [5, 5.41) is 3.15. The van der Waals surface area contributed by atoms with E-state index < -0.39 is 0 Å². The molecule has 0 saturated heterocycles. The van der Waals surface area contributed by atoms with Crippen LogP contribution in [0, 0.1) is 5.25 Å². The Hall–Kier alpha value is -0.940. The van der Waals surface area contributed by atoms with Crippen molar-refractivity contribution in [2.45, 2.75) is 6.92 Å². The zero-order valence-corrected chi connectivity index (χ0v) is 14.2. The van der Waals surface area contributed by atoms with E-state index >= 15 is 0 Å². The van der Waals surface area contributed by atoms with E-state index in [0.29, 0.717) is 0 Å². The van der Waals surface area contributed by atoms with Gasteiger partial charge in [-0.1, -0.05) is 29.2 Å². The quantitative estimate of drug-likeness (QED) is 0.404. The van der Waals surface area contributed by atoms with Crippen LogP contribution >= 0.6 is 46.6 Å². The first-order valence-corrected chi connectivity index (χ1v) is 9.17. The summed E-state index contributed by atoms with van der Waals surface area (Å²) in [6.07, 6.45) is 4.05. The Balaban J connectivity index is 1.87. The molecule has 0 saturated carbocycles. The van der Waals surface area contributed by atoms with Crippen LogP contribution in [0.2, 0.25) is 0 Å². The lowest BCUT2D eigenvalue weighted by molar-refractivity contribution is 1.58. The van der Waals surface area contributed by atoms with Gasteiger partial charge in [-0.15, -0.1) is 28.7 Å². The summed E-state index contributed by atoms with van der Waals surface area (Å²) in [5.41, 5.74) is 0. The maximum absolute atomic E-state index is 4.52. The third-order valence-corrected chi connectivity index (χ3v) is 6.80. The van der Waals surface area contributed by atoms with E-state index in [-0.39, 0.29) is 0 Å². The molecule has 20 heavy (non-hydrogen) atoms. The molecule has 3 aromatic heterocycles. The highest BCUT2D eigenvalue weighted by atomic mass is 32.1. The Labute approximate surface area is 136 Å². The first kappa shape index (κ1) is 14.0. The topological polar surface area (TPSA) is 0 Å². The van der Waals surface area contributed by atoms with Gasteiger partial charge in [-0.2, -0.15) is 23.5 Å². The zero-order valence-electron chi connectivity index (χ0n) is 10.9. The molecule has 0 aromatic carbocycles. The summed E-state index contributed by atoms with van der Waals surface area (Å²) in [4.78, 5) is 6.53. The van der Waals surface area contributed by atoms with Crippen LogP contribution in [-0.4, -0.2) is 0 Å². The lowest BCUT2D eigenvalue weighted by Crippen LogP contribution is -1.78. The van der Waals surface area contributed by atoms with E-state index in [4.69, 9.17) is 0 Å². The predicted octanol–water partition coefficient (Wildman–Crippen LogP) is 6.59. The molecule has 0 N–H and O–H groups in total. The zero-order chi connectivity index (χ0) is 13.9. The first-order valence-electron chi connectivity index (χ1n) is 6.21. The average molecular weight is 334 g/mol. The van der Waals surface area contributed by atoms with E-state index in [1.807, 2.05) is 30.4 Å². The molecule has 0 bridgehead atoms. The molecule has 4 heteroatoms. The maximum Gasteiger partial charge on any atom is 0.0449 e. The second kappa shape index (κ2) is 6.22. The van der Waals surface area contributed by atoms with Gasteiger partial charge in [-0.3, -0.25) is 0 Å². The fourth-order valence-corrected chi connectivity index (χ4v) is 5.09. The Kier molecular flexibility index (Phi) is 4.36. The van der Waals surface area contributed by atoms with Gasteiger partial charge in [-0.25, -0.2) is 12.6 Å². The number of thiol groups is 1. The molecular weight excluding hydrogens is 320 g/mol. The van der Waals surface area contributed by atoms with E-state index in [2.05, 4.69) is 54.4 Å². The highest BCUT2D eigenvalue weighted by molar-refractivity contribution is 7.84. The summed E-state index contributed by atoms with van der Waals surface area (Å²) in [6.45, 7) is 2.01. The summed E-state index contributed by atoms with van der Waals surface area (Å²) >= 11 is 9.96. The highest BCUT2D eigenvalue weighted by Gasteiger charge is 2.07. The van der Waals surface area contributed by atoms with E-state index in [0.717, 1.165) is 5.25 Å². The molecule has 3 rings (SSSR count). The van der Waals surface area contributed by atoms with Crippen molar-refractivity contribution in [1.82, 2.24) is 0 Å². The van der Waals surface area contributed by atoms with Crippen molar-refractivity contribution in [3.05, 3.63) is 64.1 Å². The Morgan fingerprint density at radius 1 is 0.950 bits per heavy atom. The molecule has 0 aliphatic heterocycles. The van der Waals surface area contributed by atoms with E-state index in [9.17, 15) is 0 Å². The first-order chi connectivity index (χ1) is 9.78. The van der Waals surface area contributed by atoms with Gasteiger partial charge >= 0.3 is 0 Å². The van der Waals surface area contributed by atoms with Crippen LogP contribution in [0.3, 0.4) is 0 Å². The molecule has 0 aliphatic rings. The Morgan fingerprint density at radius 2 is 1.65 bits per heavy atom. The molecule has 3 aromatic rings. The highest BCUT2D eigenvalue weighted by Crippen LogP contribution is 2.40. The van der Waals surface area contributed by atoms with Crippen molar-refractivity contribution >= 4 is 46.6 Å².